The molecule has 160 valence electrons. The molecule has 7 heteroatoms. The highest BCUT2D eigenvalue weighted by Crippen LogP contribution is 2.39. The predicted octanol–water partition coefficient (Wildman–Crippen LogP) is 3.10. The van der Waals surface area contributed by atoms with E-state index in [2.05, 4.69) is 20.8 Å². The van der Waals surface area contributed by atoms with E-state index in [1.54, 1.807) is 13.8 Å². The fourth-order valence-electron chi connectivity index (χ4n) is 4.31. The zero-order valence-corrected chi connectivity index (χ0v) is 17.6. The number of ether oxygens (including phenoxy) is 4. The molecule has 2 fully saturated rings. The van der Waals surface area contributed by atoms with E-state index >= 15 is 0 Å². The molecule has 2 rings (SSSR count). The van der Waals surface area contributed by atoms with Gasteiger partial charge in [0.05, 0.1) is 31.7 Å². The fraction of sp³-hybridized carbons (Fsp3) is 0.857. The van der Waals surface area contributed by atoms with E-state index in [9.17, 15) is 14.4 Å². The summed E-state index contributed by atoms with van der Waals surface area (Å²) in [5.74, 6) is -2.55. The second kappa shape index (κ2) is 10.2. The summed E-state index contributed by atoms with van der Waals surface area (Å²) in [5, 5.41) is 0. The third-order valence-electron chi connectivity index (χ3n) is 5.78. The minimum absolute atomic E-state index is 0.0679. The van der Waals surface area contributed by atoms with Crippen molar-refractivity contribution >= 4 is 17.9 Å². The lowest BCUT2D eigenvalue weighted by Gasteiger charge is -2.39. The first-order chi connectivity index (χ1) is 13.3. The van der Waals surface area contributed by atoms with E-state index in [1.807, 2.05) is 0 Å². The Morgan fingerprint density at radius 1 is 1.07 bits per heavy atom. The second-order valence-electron chi connectivity index (χ2n) is 8.21. The summed E-state index contributed by atoms with van der Waals surface area (Å²) >= 11 is 0. The number of carbonyl (C=O) groups is 3. The van der Waals surface area contributed by atoms with Crippen LogP contribution in [0.1, 0.15) is 60.3 Å². The Morgan fingerprint density at radius 3 is 2.21 bits per heavy atom. The Bertz CT molecular complexity index is 541. The molecule has 1 saturated heterocycles. The molecule has 0 N–H and O–H groups in total. The van der Waals surface area contributed by atoms with E-state index < -0.39 is 36.0 Å². The molecule has 0 aromatic rings. The highest BCUT2D eigenvalue weighted by atomic mass is 16.7. The molecule has 0 radical (unpaired) electrons. The first-order valence-corrected chi connectivity index (χ1v) is 10.5. The molecule has 1 aliphatic heterocycles. The third kappa shape index (κ3) is 5.46. The van der Waals surface area contributed by atoms with Gasteiger partial charge in [0, 0.05) is 0 Å². The SMILES string of the molecule is CCOC(=O)C(C(=O)OCC)[C@@H]1CC(=O)O[C@H]1O[C@@H]1C[C@H](C)CC[C@H]1C(C)C. The van der Waals surface area contributed by atoms with Crippen molar-refractivity contribution < 1.29 is 33.3 Å². The van der Waals surface area contributed by atoms with Crippen molar-refractivity contribution in [1.82, 2.24) is 0 Å². The number of cyclic esters (lactones) is 1. The van der Waals surface area contributed by atoms with Crippen LogP contribution >= 0.6 is 0 Å². The molecule has 1 aliphatic carbocycles. The van der Waals surface area contributed by atoms with E-state index in [0.29, 0.717) is 17.8 Å². The summed E-state index contributed by atoms with van der Waals surface area (Å²) in [6.07, 6.45) is 1.98. The van der Waals surface area contributed by atoms with Crippen LogP contribution in [0.3, 0.4) is 0 Å². The van der Waals surface area contributed by atoms with Gasteiger partial charge in [0.15, 0.2) is 5.92 Å². The molecule has 0 amide bonds. The molecule has 0 aromatic heterocycles. The van der Waals surface area contributed by atoms with Gasteiger partial charge in [-0.2, -0.15) is 0 Å². The van der Waals surface area contributed by atoms with Crippen molar-refractivity contribution in [1.29, 1.82) is 0 Å². The topological polar surface area (TPSA) is 88.1 Å². The van der Waals surface area contributed by atoms with Gasteiger partial charge in [-0.15, -0.1) is 0 Å². The lowest BCUT2D eigenvalue weighted by molar-refractivity contribution is -0.206. The Hall–Kier alpha value is -1.63. The molecular formula is C21H34O7. The summed E-state index contributed by atoms with van der Waals surface area (Å²) in [4.78, 5) is 37.0. The van der Waals surface area contributed by atoms with Gasteiger partial charge in [-0.05, 0) is 44.4 Å². The first-order valence-electron chi connectivity index (χ1n) is 10.5. The van der Waals surface area contributed by atoms with E-state index in [-0.39, 0.29) is 25.7 Å². The van der Waals surface area contributed by atoms with Crippen molar-refractivity contribution in [2.75, 3.05) is 13.2 Å². The zero-order chi connectivity index (χ0) is 20.8. The highest BCUT2D eigenvalue weighted by Gasteiger charge is 2.50. The van der Waals surface area contributed by atoms with Gasteiger partial charge in [0.1, 0.15) is 0 Å². The smallest absolute Gasteiger partial charge is 0.320 e. The molecular weight excluding hydrogens is 364 g/mol. The zero-order valence-electron chi connectivity index (χ0n) is 17.6. The van der Waals surface area contributed by atoms with Gasteiger partial charge >= 0.3 is 17.9 Å². The van der Waals surface area contributed by atoms with Gasteiger partial charge in [-0.1, -0.05) is 27.2 Å². The lowest BCUT2D eigenvalue weighted by atomic mass is 9.75. The molecule has 5 atom stereocenters. The minimum atomic E-state index is -1.23. The largest absolute Gasteiger partial charge is 0.465 e. The molecule has 0 unspecified atom stereocenters. The van der Waals surface area contributed by atoms with Crippen LogP contribution in [0, 0.1) is 29.6 Å². The van der Waals surface area contributed by atoms with Crippen LogP contribution in [0.15, 0.2) is 0 Å². The van der Waals surface area contributed by atoms with Crippen LogP contribution in [0.4, 0.5) is 0 Å². The van der Waals surface area contributed by atoms with Gasteiger partial charge in [-0.3, -0.25) is 14.4 Å². The molecule has 0 spiro atoms. The Morgan fingerprint density at radius 2 is 1.68 bits per heavy atom. The minimum Gasteiger partial charge on any atom is -0.465 e. The maximum atomic E-state index is 12.5. The molecule has 2 aliphatic rings. The maximum absolute atomic E-state index is 12.5. The third-order valence-corrected chi connectivity index (χ3v) is 5.78. The van der Waals surface area contributed by atoms with Gasteiger partial charge in [0.25, 0.3) is 0 Å². The fourth-order valence-corrected chi connectivity index (χ4v) is 4.31. The van der Waals surface area contributed by atoms with Crippen molar-refractivity contribution in [3.63, 3.8) is 0 Å². The summed E-state index contributed by atoms with van der Waals surface area (Å²) in [7, 11) is 0. The van der Waals surface area contributed by atoms with Crippen molar-refractivity contribution in [3.8, 4) is 0 Å². The molecule has 0 bridgehead atoms. The summed E-state index contributed by atoms with van der Waals surface area (Å²) in [6, 6.07) is 0. The van der Waals surface area contributed by atoms with Crippen LogP contribution in [0.2, 0.25) is 0 Å². The monoisotopic (exact) mass is 398 g/mol. The predicted molar refractivity (Wildman–Crippen MR) is 101 cm³/mol. The van der Waals surface area contributed by atoms with E-state index in [4.69, 9.17) is 18.9 Å². The molecule has 1 saturated carbocycles. The summed E-state index contributed by atoms with van der Waals surface area (Å²) < 4.78 is 21.8. The standard InChI is InChI=1S/C21H34O7/c1-6-25-19(23)18(20(24)26-7-2)15-11-17(22)28-21(15)27-16-10-13(5)8-9-14(16)12(3)4/h12-16,18,21H,6-11H2,1-5H3/t13-,14+,15+,16-,21-/m1/s1. The van der Waals surface area contributed by atoms with Crippen molar-refractivity contribution in [2.45, 2.75) is 72.7 Å². The molecule has 0 aromatic carbocycles. The van der Waals surface area contributed by atoms with Gasteiger partial charge in [-0.25, -0.2) is 0 Å². The summed E-state index contributed by atoms with van der Waals surface area (Å²) in [6.45, 7) is 10.1. The second-order valence-corrected chi connectivity index (χ2v) is 8.21. The normalized spacial score (nSPS) is 30.4. The number of hydrogen-bond donors (Lipinski definition) is 0. The number of esters is 3. The highest BCUT2D eigenvalue weighted by molar-refractivity contribution is 5.96. The summed E-state index contributed by atoms with van der Waals surface area (Å²) in [5.41, 5.74) is 0. The maximum Gasteiger partial charge on any atom is 0.320 e. The van der Waals surface area contributed by atoms with Crippen LogP contribution in [0.25, 0.3) is 0 Å². The number of carbonyl (C=O) groups excluding carboxylic acids is 3. The van der Waals surface area contributed by atoms with Gasteiger partial charge < -0.3 is 18.9 Å². The Balaban J connectivity index is 2.22. The van der Waals surface area contributed by atoms with Crippen molar-refractivity contribution in [2.24, 2.45) is 29.6 Å². The van der Waals surface area contributed by atoms with Crippen LogP contribution in [0.5, 0.6) is 0 Å². The Labute approximate surface area is 167 Å². The van der Waals surface area contributed by atoms with E-state index in [0.717, 1.165) is 19.3 Å². The van der Waals surface area contributed by atoms with Crippen LogP contribution in [-0.4, -0.2) is 43.5 Å². The molecule has 7 nitrogen and oxygen atoms in total. The lowest BCUT2D eigenvalue weighted by Crippen LogP contribution is -2.43. The van der Waals surface area contributed by atoms with E-state index in [1.165, 1.54) is 0 Å². The van der Waals surface area contributed by atoms with Gasteiger partial charge in [0.2, 0.25) is 6.29 Å². The Kier molecular flexibility index (Phi) is 8.28. The first kappa shape index (κ1) is 22.7. The average molecular weight is 398 g/mol. The molecule has 1 heterocycles. The van der Waals surface area contributed by atoms with Crippen LogP contribution < -0.4 is 0 Å². The molecule has 28 heavy (non-hydrogen) atoms. The quantitative estimate of drug-likeness (QED) is 0.353. The van der Waals surface area contributed by atoms with Crippen molar-refractivity contribution in [3.05, 3.63) is 0 Å². The average Bonchev–Trinajstić information content (AvgIpc) is 2.95. The number of hydrogen-bond acceptors (Lipinski definition) is 7. The number of rotatable bonds is 8. The van der Waals surface area contributed by atoms with Crippen LogP contribution in [-0.2, 0) is 33.3 Å².